The van der Waals surface area contributed by atoms with Crippen molar-refractivity contribution >= 4 is 5.91 Å². The first-order chi connectivity index (χ1) is 16.6. The summed E-state index contributed by atoms with van der Waals surface area (Å²) >= 11 is 0. The van der Waals surface area contributed by atoms with Crippen LogP contribution < -0.4 is 10.1 Å². The molecule has 7 heteroatoms. The summed E-state index contributed by atoms with van der Waals surface area (Å²) in [5, 5.41) is 2.90. The molecule has 0 saturated carbocycles. The van der Waals surface area contributed by atoms with Crippen LogP contribution in [0.1, 0.15) is 60.2 Å². The number of aromatic nitrogens is 1. The molecule has 2 atom stereocenters. The number of carbonyl (C=O) groups is 1. The zero-order valence-electron chi connectivity index (χ0n) is 19.9. The van der Waals surface area contributed by atoms with Crippen molar-refractivity contribution in [3.63, 3.8) is 0 Å². The van der Waals surface area contributed by atoms with Crippen molar-refractivity contribution in [3.8, 4) is 5.75 Å². The van der Waals surface area contributed by atoms with E-state index in [4.69, 9.17) is 13.9 Å². The Morgan fingerprint density at radius 2 is 1.97 bits per heavy atom. The molecule has 34 heavy (non-hydrogen) atoms. The van der Waals surface area contributed by atoms with Gasteiger partial charge in [-0.1, -0.05) is 42.5 Å². The van der Waals surface area contributed by atoms with Crippen LogP contribution in [0.15, 0.2) is 65.3 Å². The van der Waals surface area contributed by atoms with Gasteiger partial charge in [-0.3, -0.25) is 9.69 Å². The van der Waals surface area contributed by atoms with Crippen molar-refractivity contribution in [3.05, 3.63) is 83.6 Å². The van der Waals surface area contributed by atoms with Crippen LogP contribution in [0.5, 0.6) is 5.75 Å². The average molecular weight is 464 g/mol. The fraction of sp³-hybridized carbons (Fsp3) is 0.407. The van der Waals surface area contributed by atoms with Crippen molar-refractivity contribution in [2.24, 2.45) is 0 Å². The lowest BCUT2D eigenvalue weighted by Gasteiger charge is -2.28. The summed E-state index contributed by atoms with van der Waals surface area (Å²) < 4.78 is 16.8. The van der Waals surface area contributed by atoms with Gasteiger partial charge in [0.05, 0.1) is 19.3 Å². The number of amides is 1. The number of oxazole rings is 1. The zero-order chi connectivity index (χ0) is 23.8. The Balaban J connectivity index is 1.45. The summed E-state index contributed by atoms with van der Waals surface area (Å²) in [5.74, 6) is 1.14. The first-order valence-electron chi connectivity index (χ1n) is 12.0. The molecular formula is C27H33N3O4. The number of nitrogens with zero attached hydrogens (tertiary/aromatic N) is 2. The van der Waals surface area contributed by atoms with E-state index in [1.165, 1.54) is 11.8 Å². The maximum absolute atomic E-state index is 12.5. The SMILES string of the molecule is CCOc1ccc(CN(Cc2nc(C(=O)NC[C@@H]3CCCO3)co2)[C@H](C)c2ccccc2)cc1. The highest BCUT2D eigenvalue weighted by atomic mass is 16.5. The molecule has 1 aliphatic heterocycles. The molecule has 4 rings (SSSR count). The highest BCUT2D eigenvalue weighted by Gasteiger charge is 2.22. The molecule has 3 aromatic rings. The molecule has 1 aliphatic rings. The first kappa shape index (κ1) is 24.0. The minimum atomic E-state index is -0.236. The van der Waals surface area contributed by atoms with Crippen LogP contribution in [0.3, 0.4) is 0 Å². The summed E-state index contributed by atoms with van der Waals surface area (Å²) in [7, 11) is 0. The highest BCUT2D eigenvalue weighted by molar-refractivity contribution is 5.91. The first-order valence-corrected chi connectivity index (χ1v) is 12.0. The third kappa shape index (κ3) is 6.46. The van der Waals surface area contributed by atoms with Crippen LogP contribution in [0.4, 0.5) is 0 Å². The van der Waals surface area contributed by atoms with Crippen LogP contribution in [0.25, 0.3) is 0 Å². The smallest absolute Gasteiger partial charge is 0.273 e. The predicted octanol–water partition coefficient (Wildman–Crippen LogP) is 4.75. The van der Waals surface area contributed by atoms with Crippen LogP contribution in [-0.2, 0) is 17.8 Å². The van der Waals surface area contributed by atoms with Gasteiger partial charge in [-0.25, -0.2) is 4.98 Å². The van der Waals surface area contributed by atoms with Gasteiger partial charge < -0.3 is 19.2 Å². The lowest BCUT2D eigenvalue weighted by molar-refractivity contribution is 0.0853. The Bertz CT molecular complexity index is 1030. The quantitative estimate of drug-likeness (QED) is 0.442. The summed E-state index contributed by atoms with van der Waals surface area (Å²) in [4.78, 5) is 19.3. The minimum absolute atomic E-state index is 0.0895. The van der Waals surface area contributed by atoms with Crippen molar-refractivity contribution < 1.29 is 18.7 Å². The number of carbonyl (C=O) groups excluding carboxylic acids is 1. The predicted molar refractivity (Wildman–Crippen MR) is 130 cm³/mol. The minimum Gasteiger partial charge on any atom is -0.494 e. The van der Waals surface area contributed by atoms with E-state index in [-0.39, 0.29) is 18.1 Å². The van der Waals surface area contributed by atoms with E-state index in [0.29, 0.717) is 37.8 Å². The second kappa shape index (κ2) is 11.8. The van der Waals surface area contributed by atoms with Crippen molar-refractivity contribution in [1.82, 2.24) is 15.2 Å². The van der Waals surface area contributed by atoms with Crippen molar-refractivity contribution in [1.29, 1.82) is 0 Å². The lowest BCUT2D eigenvalue weighted by atomic mass is 10.1. The van der Waals surface area contributed by atoms with Crippen LogP contribution in [-0.4, -0.2) is 41.7 Å². The molecule has 1 fully saturated rings. The van der Waals surface area contributed by atoms with Crippen LogP contribution in [0, 0.1) is 0 Å². The molecule has 2 aromatic carbocycles. The number of hydrogen-bond acceptors (Lipinski definition) is 6. The van der Waals surface area contributed by atoms with E-state index in [2.05, 4.69) is 46.4 Å². The largest absolute Gasteiger partial charge is 0.494 e. The molecule has 0 bridgehead atoms. The molecule has 2 heterocycles. The van der Waals surface area contributed by atoms with Gasteiger partial charge in [0.25, 0.3) is 5.91 Å². The van der Waals surface area contributed by atoms with Gasteiger partial charge in [-0.2, -0.15) is 0 Å². The van der Waals surface area contributed by atoms with Gasteiger partial charge in [-0.05, 0) is 49.9 Å². The normalized spacial score (nSPS) is 16.5. The Labute approximate surface area is 201 Å². The second-order valence-corrected chi connectivity index (χ2v) is 8.54. The maximum atomic E-state index is 12.5. The molecule has 1 aromatic heterocycles. The summed E-state index contributed by atoms with van der Waals surface area (Å²) in [6.07, 6.45) is 3.54. The van der Waals surface area contributed by atoms with E-state index in [1.807, 2.05) is 37.3 Å². The molecule has 180 valence electrons. The molecule has 0 aliphatic carbocycles. The Hall–Kier alpha value is -3.16. The fourth-order valence-corrected chi connectivity index (χ4v) is 4.13. The topological polar surface area (TPSA) is 76.8 Å². The number of hydrogen-bond donors (Lipinski definition) is 1. The van der Waals surface area contributed by atoms with Gasteiger partial charge in [0.2, 0.25) is 5.89 Å². The third-order valence-electron chi connectivity index (χ3n) is 6.09. The summed E-state index contributed by atoms with van der Waals surface area (Å²) in [6, 6.07) is 18.6. The van der Waals surface area contributed by atoms with Crippen molar-refractivity contribution in [2.45, 2.75) is 51.9 Å². The van der Waals surface area contributed by atoms with Gasteiger partial charge in [-0.15, -0.1) is 0 Å². The molecule has 1 amide bonds. The molecule has 0 unspecified atom stereocenters. The van der Waals surface area contributed by atoms with E-state index in [1.54, 1.807) is 0 Å². The number of ether oxygens (including phenoxy) is 2. The molecule has 1 saturated heterocycles. The van der Waals surface area contributed by atoms with Crippen LogP contribution in [0.2, 0.25) is 0 Å². The Morgan fingerprint density at radius 1 is 1.18 bits per heavy atom. The number of rotatable bonds is 11. The van der Waals surface area contributed by atoms with Gasteiger partial charge in [0.15, 0.2) is 5.69 Å². The van der Waals surface area contributed by atoms with Crippen LogP contribution >= 0.6 is 0 Å². The molecule has 7 nitrogen and oxygen atoms in total. The fourth-order valence-electron chi connectivity index (χ4n) is 4.13. The zero-order valence-corrected chi connectivity index (χ0v) is 19.9. The summed E-state index contributed by atoms with van der Waals surface area (Å²) in [5.41, 5.74) is 2.66. The lowest BCUT2D eigenvalue weighted by Crippen LogP contribution is -2.32. The van der Waals surface area contributed by atoms with E-state index >= 15 is 0 Å². The Kier molecular flexibility index (Phi) is 8.33. The van der Waals surface area contributed by atoms with Crippen molar-refractivity contribution in [2.75, 3.05) is 19.8 Å². The van der Waals surface area contributed by atoms with Gasteiger partial charge >= 0.3 is 0 Å². The van der Waals surface area contributed by atoms with E-state index in [0.717, 1.165) is 30.8 Å². The van der Waals surface area contributed by atoms with Gasteiger partial charge in [0.1, 0.15) is 12.0 Å². The highest BCUT2D eigenvalue weighted by Crippen LogP contribution is 2.25. The Morgan fingerprint density at radius 3 is 2.68 bits per heavy atom. The van der Waals surface area contributed by atoms with E-state index < -0.39 is 0 Å². The number of nitrogens with one attached hydrogen (secondary N) is 1. The standard InChI is InChI=1S/C27H33N3O4/c1-3-32-23-13-11-21(12-14-23)17-30(20(2)22-8-5-4-6-9-22)18-26-29-25(19-34-26)27(31)28-16-24-10-7-15-33-24/h4-6,8-9,11-14,19-20,24H,3,7,10,15-18H2,1-2H3,(H,28,31)/t20-,24+/m1/s1. The number of benzene rings is 2. The summed E-state index contributed by atoms with van der Waals surface area (Å²) in [6.45, 7) is 7.22. The molecule has 0 spiro atoms. The molecular weight excluding hydrogens is 430 g/mol. The molecule has 0 radical (unpaired) electrons. The second-order valence-electron chi connectivity index (χ2n) is 8.54. The monoisotopic (exact) mass is 463 g/mol. The third-order valence-corrected chi connectivity index (χ3v) is 6.09. The average Bonchev–Trinajstić information content (AvgIpc) is 3.56. The van der Waals surface area contributed by atoms with E-state index in [9.17, 15) is 4.79 Å². The van der Waals surface area contributed by atoms with Gasteiger partial charge in [0, 0.05) is 25.7 Å². The maximum Gasteiger partial charge on any atom is 0.273 e. The molecule has 1 N–H and O–H groups in total.